The number of primary amides is 2. The molecule has 0 aromatic rings. The average Bonchev–Trinajstić information content (AvgIpc) is 0.811. The van der Waals surface area contributed by atoms with E-state index < -0.39 is 6.03 Å². The van der Waals surface area contributed by atoms with Gasteiger partial charge in [0.05, 0.1) is 0 Å². The normalized spacial score (nSPS) is 4.00. The number of carbonyl (C=O) groups excluding carboxylic acids is 1. The van der Waals surface area contributed by atoms with Crippen molar-refractivity contribution < 1.29 is 4.79 Å². The third-order valence-corrected chi connectivity index (χ3v) is 0. The molecule has 0 saturated heterocycles. The topological polar surface area (TPSA) is 69.1 Å². The van der Waals surface area contributed by atoms with Gasteiger partial charge in [-0.15, -0.1) is 0 Å². The fourth-order valence-corrected chi connectivity index (χ4v) is 0. The van der Waals surface area contributed by atoms with Crippen LogP contribution >= 0.6 is 9.90 Å². The molecule has 0 aliphatic rings. The molecule has 1 atom stereocenters. The van der Waals surface area contributed by atoms with E-state index in [0.717, 1.165) is 0 Å². The molecule has 0 heterocycles. The Morgan fingerprint density at radius 2 is 1.33 bits per heavy atom. The van der Waals surface area contributed by atoms with E-state index in [-0.39, 0.29) is 61.3 Å². The van der Waals surface area contributed by atoms with E-state index in [9.17, 15) is 0 Å². The van der Waals surface area contributed by atoms with E-state index in [4.69, 9.17) is 4.79 Å². The Kier molecular flexibility index (Phi) is 25.1. The molecule has 4 N–H and O–H groups in total. The third kappa shape index (κ3) is 56.2. The molecule has 0 bridgehead atoms. The Morgan fingerprint density at radius 3 is 1.33 bits per heavy atom. The van der Waals surface area contributed by atoms with Crippen LogP contribution in [-0.4, -0.2) is 57.4 Å². The van der Waals surface area contributed by atoms with Gasteiger partial charge in [0.25, 0.3) is 0 Å². The van der Waals surface area contributed by atoms with Gasteiger partial charge in [-0.25, -0.2) is 4.79 Å². The molecular formula is CH7KN2OP. The smallest absolute Gasteiger partial charge is 0.309 e. The molecule has 1 radical (unpaired) electrons. The zero-order valence-electron chi connectivity index (χ0n) is 3.77. The predicted molar refractivity (Wildman–Crippen MR) is 30.6 cm³/mol. The van der Waals surface area contributed by atoms with Gasteiger partial charge >= 0.3 is 6.03 Å². The Balaban J connectivity index is -0.0000000450. The summed E-state index contributed by atoms with van der Waals surface area (Å²) in [6.45, 7) is 0. The number of rotatable bonds is 0. The average molecular weight is 133 g/mol. The second-order valence-corrected chi connectivity index (χ2v) is 0.402. The minimum atomic E-state index is -0.833. The fraction of sp³-hybridized carbons (Fsp3) is 0. The molecule has 33 valence electrons. The van der Waals surface area contributed by atoms with Gasteiger partial charge in [-0.05, 0) is 0 Å². The summed E-state index contributed by atoms with van der Waals surface area (Å²) in [5, 5.41) is 0. The van der Waals surface area contributed by atoms with Crippen LogP contribution in [0.5, 0.6) is 0 Å². The summed E-state index contributed by atoms with van der Waals surface area (Å²) in [7, 11) is 0. The molecule has 0 aliphatic heterocycles. The number of hydrogen-bond acceptors (Lipinski definition) is 1. The fourth-order valence-electron chi connectivity index (χ4n) is 0. The van der Waals surface area contributed by atoms with Crippen molar-refractivity contribution in [3.63, 3.8) is 0 Å². The second-order valence-electron chi connectivity index (χ2n) is 0.402. The van der Waals surface area contributed by atoms with Crippen molar-refractivity contribution in [2.75, 3.05) is 0 Å². The van der Waals surface area contributed by atoms with Crippen LogP contribution in [0.3, 0.4) is 0 Å². The van der Waals surface area contributed by atoms with E-state index in [1.807, 2.05) is 0 Å². The van der Waals surface area contributed by atoms with Gasteiger partial charge in [0, 0.05) is 51.4 Å². The number of carbonyl (C=O) groups is 1. The maximum absolute atomic E-state index is 9.00. The molecule has 5 heteroatoms. The predicted octanol–water partition coefficient (Wildman–Crippen LogP) is -1.30. The van der Waals surface area contributed by atoms with Crippen LogP contribution in [-0.2, 0) is 0 Å². The number of hydrogen-bond donors (Lipinski definition) is 2. The number of urea groups is 1. The standard InChI is InChI=1S/CH4N2O.K.H3P/c2-1(3)4;;/h(H4,2,3,4);;1H3. The largest absolute Gasteiger partial charge is 0.352 e. The van der Waals surface area contributed by atoms with Gasteiger partial charge < -0.3 is 11.5 Å². The summed E-state index contributed by atoms with van der Waals surface area (Å²) >= 11 is 0. The summed E-state index contributed by atoms with van der Waals surface area (Å²) in [5.41, 5.74) is 8.50. The summed E-state index contributed by atoms with van der Waals surface area (Å²) in [6.07, 6.45) is 0. The molecule has 6 heavy (non-hydrogen) atoms. The summed E-state index contributed by atoms with van der Waals surface area (Å²) in [4.78, 5) is 9.00. The van der Waals surface area contributed by atoms with Crippen molar-refractivity contribution in [2.45, 2.75) is 0 Å². The van der Waals surface area contributed by atoms with Crippen molar-refractivity contribution >= 4 is 67.3 Å². The minimum absolute atomic E-state index is 0. The summed E-state index contributed by atoms with van der Waals surface area (Å²) in [6, 6.07) is -0.833. The Hall–Kier alpha value is 1.34. The zero-order valence-corrected chi connectivity index (χ0v) is 8.31. The van der Waals surface area contributed by atoms with Crippen LogP contribution in [0.15, 0.2) is 0 Å². The van der Waals surface area contributed by atoms with Crippen molar-refractivity contribution in [1.82, 2.24) is 0 Å². The Bertz CT molecular complexity index is 36.5. The van der Waals surface area contributed by atoms with Crippen LogP contribution in [0.25, 0.3) is 0 Å². The molecule has 0 aromatic heterocycles. The van der Waals surface area contributed by atoms with Gasteiger partial charge in [0.15, 0.2) is 0 Å². The molecule has 1 unspecified atom stereocenters. The quantitative estimate of drug-likeness (QED) is 0.313. The molecule has 0 aromatic carbocycles. The van der Waals surface area contributed by atoms with Crippen LogP contribution in [0, 0.1) is 0 Å². The molecule has 2 amide bonds. The van der Waals surface area contributed by atoms with Gasteiger partial charge in [-0.1, -0.05) is 0 Å². The van der Waals surface area contributed by atoms with Crippen molar-refractivity contribution in [3.8, 4) is 0 Å². The van der Waals surface area contributed by atoms with Gasteiger partial charge in [-0.2, -0.15) is 9.90 Å². The molecular weight excluding hydrogens is 126 g/mol. The van der Waals surface area contributed by atoms with E-state index in [1.165, 1.54) is 0 Å². The summed E-state index contributed by atoms with van der Waals surface area (Å²) < 4.78 is 0. The van der Waals surface area contributed by atoms with Crippen LogP contribution in [0.1, 0.15) is 0 Å². The zero-order chi connectivity index (χ0) is 3.58. The van der Waals surface area contributed by atoms with Crippen molar-refractivity contribution in [2.24, 2.45) is 11.5 Å². The molecule has 0 rings (SSSR count). The first-order valence-electron chi connectivity index (χ1n) is 0.781. The minimum Gasteiger partial charge on any atom is -0.352 e. The van der Waals surface area contributed by atoms with Gasteiger partial charge in [0.2, 0.25) is 0 Å². The van der Waals surface area contributed by atoms with E-state index >= 15 is 0 Å². The van der Waals surface area contributed by atoms with Crippen LogP contribution in [0.4, 0.5) is 4.79 Å². The van der Waals surface area contributed by atoms with Crippen molar-refractivity contribution in [3.05, 3.63) is 0 Å². The molecule has 0 saturated carbocycles. The SMILES string of the molecule is NC(N)=O.P.[K]. The first-order chi connectivity index (χ1) is 1.73. The molecule has 0 aliphatic carbocycles. The number of amides is 2. The van der Waals surface area contributed by atoms with E-state index in [0.29, 0.717) is 0 Å². The van der Waals surface area contributed by atoms with Crippen LogP contribution < -0.4 is 11.5 Å². The monoisotopic (exact) mass is 133 g/mol. The van der Waals surface area contributed by atoms with Gasteiger partial charge in [-0.3, -0.25) is 0 Å². The number of nitrogens with two attached hydrogens (primary N) is 2. The molecule has 0 fully saturated rings. The summed E-state index contributed by atoms with van der Waals surface area (Å²) in [5.74, 6) is 0. The molecule has 3 nitrogen and oxygen atoms in total. The maximum atomic E-state index is 9.00. The first kappa shape index (κ1) is 15.7. The van der Waals surface area contributed by atoms with Crippen LogP contribution in [0.2, 0.25) is 0 Å². The first-order valence-corrected chi connectivity index (χ1v) is 0.781. The van der Waals surface area contributed by atoms with E-state index in [2.05, 4.69) is 11.5 Å². The van der Waals surface area contributed by atoms with Crippen molar-refractivity contribution in [1.29, 1.82) is 0 Å². The second kappa shape index (κ2) is 9.60. The Labute approximate surface area is 82.3 Å². The third-order valence-electron chi connectivity index (χ3n) is 0. The van der Waals surface area contributed by atoms with E-state index in [1.54, 1.807) is 0 Å². The maximum Gasteiger partial charge on any atom is 0.309 e. The Morgan fingerprint density at radius 1 is 1.33 bits per heavy atom. The molecule has 0 spiro atoms. The van der Waals surface area contributed by atoms with Gasteiger partial charge in [0.1, 0.15) is 0 Å².